The SMILES string of the molecule is C[SiH2]c1ccc(N(c2ccccc2)C(C)C)cc1. The summed E-state index contributed by atoms with van der Waals surface area (Å²) in [5, 5.41) is 1.52. The molecule has 1 nitrogen and oxygen atoms in total. The van der Waals surface area contributed by atoms with Crippen molar-refractivity contribution in [3.63, 3.8) is 0 Å². The summed E-state index contributed by atoms with van der Waals surface area (Å²) in [4.78, 5) is 2.38. The first-order valence-electron chi connectivity index (χ1n) is 6.65. The minimum Gasteiger partial charge on any atom is -0.339 e. The minimum atomic E-state index is -0.0500. The third-order valence-corrected chi connectivity index (χ3v) is 4.46. The molecule has 0 aromatic heterocycles. The molecule has 0 radical (unpaired) electrons. The van der Waals surface area contributed by atoms with E-state index in [0.717, 1.165) is 0 Å². The third-order valence-electron chi connectivity index (χ3n) is 3.17. The summed E-state index contributed by atoms with van der Waals surface area (Å²) >= 11 is 0. The van der Waals surface area contributed by atoms with Gasteiger partial charge in [0.15, 0.2) is 0 Å². The van der Waals surface area contributed by atoms with Crippen LogP contribution in [0.3, 0.4) is 0 Å². The highest BCUT2D eigenvalue weighted by molar-refractivity contribution is 6.51. The Hall–Kier alpha value is -1.54. The van der Waals surface area contributed by atoms with Crippen molar-refractivity contribution in [2.45, 2.75) is 26.4 Å². The Balaban J connectivity index is 2.36. The van der Waals surface area contributed by atoms with Crippen LogP contribution >= 0.6 is 0 Å². The van der Waals surface area contributed by atoms with Gasteiger partial charge in [-0.05, 0) is 38.1 Å². The van der Waals surface area contributed by atoms with Gasteiger partial charge in [-0.3, -0.25) is 0 Å². The second-order valence-electron chi connectivity index (χ2n) is 4.82. The van der Waals surface area contributed by atoms with E-state index >= 15 is 0 Å². The summed E-state index contributed by atoms with van der Waals surface area (Å²) in [6.07, 6.45) is 0. The van der Waals surface area contributed by atoms with Gasteiger partial charge in [-0.15, -0.1) is 0 Å². The lowest BCUT2D eigenvalue weighted by molar-refractivity contribution is 0.789. The molecular formula is C16H21NSi. The fourth-order valence-electron chi connectivity index (χ4n) is 2.23. The number of rotatable bonds is 4. The van der Waals surface area contributed by atoms with E-state index in [1.807, 2.05) is 0 Å². The van der Waals surface area contributed by atoms with Gasteiger partial charge in [0, 0.05) is 17.4 Å². The predicted molar refractivity (Wildman–Crippen MR) is 84.2 cm³/mol. The van der Waals surface area contributed by atoms with E-state index in [4.69, 9.17) is 0 Å². The number of nitrogens with zero attached hydrogens (tertiary/aromatic N) is 1. The van der Waals surface area contributed by atoms with Crippen molar-refractivity contribution in [1.82, 2.24) is 0 Å². The number of anilines is 2. The molecule has 0 bridgehead atoms. The summed E-state index contributed by atoms with van der Waals surface area (Å²) < 4.78 is 0. The van der Waals surface area contributed by atoms with Crippen LogP contribution in [-0.2, 0) is 0 Å². The van der Waals surface area contributed by atoms with Gasteiger partial charge in [-0.2, -0.15) is 0 Å². The third kappa shape index (κ3) is 2.82. The Bertz CT molecular complexity index is 476. The highest BCUT2D eigenvalue weighted by Crippen LogP contribution is 2.26. The van der Waals surface area contributed by atoms with Gasteiger partial charge in [-0.1, -0.05) is 42.1 Å². The van der Waals surface area contributed by atoms with Crippen molar-refractivity contribution in [1.29, 1.82) is 0 Å². The standard InChI is InChI=1S/C16H21NSi/c1-13(2)17(14-7-5-4-6-8-14)15-9-11-16(18-3)12-10-15/h4-13H,18H2,1-3H3. The van der Waals surface area contributed by atoms with Gasteiger partial charge in [0.25, 0.3) is 0 Å². The largest absolute Gasteiger partial charge is 0.339 e. The molecule has 2 aromatic rings. The summed E-state index contributed by atoms with van der Waals surface area (Å²) in [5.41, 5.74) is 2.54. The van der Waals surface area contributed by atoms with Crippen LogP contribution in [0.4, 0.5) is 11.4 Å². The molecule has 94 valence electrons. The molecule has 0 N–H and O–H groups in total. The Morgan fingerprint density at radius 1 is 0.833 bits per heavy atom. The summed E-state index contributed by atoms with van der Waals surface area (Å²) in [7, 11) is -0.0500. The van der Waals surface area contributed by atoms with Gasteiger partial charge in [0.2, 0.25) is 0 Å². The highest BCUT2D eigenvalue weighted by Gasteiger charge is 2.12. The van der Waals surface area contributed by atoms with Crippen LogP contribution in [0.1, 0.15) is 13.8 Å². The summed E-state index contributed by atoms with van der Waals surface area (Å²) in [5.74, 6) is 0. The lowest BCUT2D eigenvalue weighted by atomic mass is 10.2. The minimum absolute atomic E-state index is 0.0500. The maximum absolute atomic E-state index is 2.38. The highest BCUT2D eigenvalue weighted by atomic mass is 28.2. The van der Waals surface area contributed by atoms with Crippen molar-refractivity contribution < 1.29 is 0 Å². The van der Waals surface area contributed by atoms with Crippen molar-refractivity contribution in [2.75, 3.05) is 4.90 Å². The first kappa shape index (κ1) is 12.9. The van der Waals surface area contributed by atoms with E-state index < -0.39 is 0 Å². The average molecular weight is 255 g/mol. The summed E-state index contributed by atoms with van der Waals surface area (Å²) in [6, 6.07) is 20.1. The maximum atomic E-state index is 2.38. The van der Waals surface area contributed by atoms with E-state index in [-0.39, 0.29) is 9.52 Å². The number of para-hydroxylation sites is 1. The first-order valence-corrected chi connectivity index (χ1v) is 8.77. The zero-order valence-electron chi connectivity index (χ0n) is 11.4. The molecule has 2 heteroatoms. The Morgan fingerprint density at radius 2 is 1.39 bits per heavy atom. The fourth-order valence-corrected chi connectivity index (χ4v) is 2.93. The molecule has 0 saturated carbocycles. The molecule has 2 aromatic carbocycles. The fraction of sp³-hybridized carbons (Fsp3) is 0.250. The Labute approximate surface area is 112 Å². The number of benzene rings is 2. The number of hydrogen-bond donors (Lipinski definition) is 0. The smallest absolute Gasteiger partial charge is 0.0517 e. The zero-order valence-corrected chi connectivity index (χ0v) is 12.8. The zero-order chi connectivity index (χ0) is 13.0. The molecule has 0 aliphatic rings. The molecule has 0 aliphatic carbocycles. The number of hydrogen-bond acceptors (Lipinski definition) is 1. The van der Waals surface area contributed by atoms with Crippen LogP contribution < -0.4 is 10.1 Å². The summed E-state index contributed by atoms with van der Waals surface area (Å²) in [6.45, 7) is 6.79. The van der Waals surface area contributed by atoms with Crippen LogP contribution in [0.5, 0.6) is 0 Å². The molecule has 0 unspecified atom stereocenters. The van der Waals surface area contributed by atoms with Crippen molar-refractivity contribution in [3.8, 4) is 0 Å². The van der Waals surface area contributed by atoms with E-state index in [1.54, 1.807) is 0 Å². The van der Waals surface area contributed by atoms with Gasteiger partial charge < -0.3 is 4.90 Å². The van der Waals surface area contributed by atoms with Gasteiger partial charge in [0.1, 0.15) is 0 Å². The second kappa shape index (κ2) is 5.87. The molecule has 0 spiro atoms. The normalized spacial score (nSPS) is 11.3. The molecule has 2 rings (SSSR count). The van der Waals surface area contributed by atoms with Gasteiger partial charge in [0.05, 0.1) is 9.52 Å². The Morgan fingerprint density at radius 3 is 1.89 bits per heavy atom. The second-order valence-corrected chi connectivity index (χ2v) is 6.34. The molecule has 0 fully saturated rings. The van der Waals surface area contributed by atoms with Crippen molar-refractivity contribution in [3.05, 3.63) is 54.6 Å². The van der Waals surface area contributed by atoms with E-state index in [0.29, 0.717) is 6.04 Å². The van der Waals surface area contributed by atoms with Crippen LogP contribution in [0.25, 0.3) is 0 Å². The topological polar surface area (TPSA) is 3.24 Å². The molecular weight excluding hydrogens is 234 g/mol. The molecule has 0 heterocycles. The van der Waals surface area contributed by atoms with Gasteiger partial charge in [-0.25, -0.2) is 0 Å². The molecule has 0 aliphatic heterocycles. The molecule has 0 atom stereocenters. The van der Waals surface area contributed by atoms with E-state index in [9.17, 15) is 0 Å². The van der Waals surface area contributed by atoms with Crippen molar-refractivity contribution in [2.24, 2.45) is 0 Å². The Kier molecular flexibility index (Phi) is 4.21. The average Bonchev–Trinajstić information content (AvgIpc) is 2.40. The first-order chi connectivity index (χ1) is 8.72. The van der Waals surface area contributed by atoms with Crippen LogP contribution in [-0.4, -0.2) is 15.6 Å². The lowest BCUT2D eigenvalue weighted by Gasteiger charge is -2.29. The quantitative estimate of drug-likeness (QED) is 0.759. The predicted octanol–water partition coefficient (Wildman–Crippen LogP) is 3.08. The van der Waals surface area contributed by atoms with Gasteiger partial charge >= 0.3 is 0 Å². The van der Waals surface area contributed by atoms with E-state index in [2.05, 4.69) is 79.9 Å². The lowest BCUT2D eigenvalue weighted by Crippen LogP contribution is -2.25. The molecule has 0 saturated heterocycles. The van der Waals surface area contributed by atoms with Crippen LogP contribution in [0.2, 0.25) is 6.55 Å². The van der Waals surface area contributed by atoms with E-state index in [1.165, 1.54) is 16.6 Å². The van der Waals surface area contributed by atoms with Crippen molar-refractivity contribution >= 4 is 26.1 Å². The maximum Gasteiger partial charge on any atom is 0.0517 e. The van der Waals surface area contributed by atoms with Crippen LogP contribution in [0, 0.1) is 0 Å². The monoisotopic (exact) mass is 255 g/mol. The molecule has 0 amide bonds. The molecule has 18 heavy (non-hydrogen) atoms. The van der Waals surface area contributed by atoms with Crippen LogP contribution in [0.15, 0.2) is 54.6 Å².